The van der Waals surface area contributed by atoms with Crippen LogP contribution in [0.15, 0.2) is 243 Å². The van der Waals surface area contributed by atoms with E-state index >= 15 is 0 Å². The maximum absolute atomic E-state index is 2.38. The molecule has 0 aliphatic carbocycles. The fourth-order valence-electron chi connectivity index (χ4n) is 8.21. The molecule has 58 heavy (non-hydrogen) atoms. The second kappa shape index (κ2) is 15.5. The molecule has 0 aliphatic rings. The lowest BCUT2D eigenvalue weighted by atomic mass is 9.93. The van der Waals surface area contributed by atoms with Crippen molar-refractivity contribution in [1.29, 1.82) is 0 Å². The van der Waals surface area contributed by atoms with Gasteiger partial charge in [-0.05, 0) is 128 Å². The second-order valence-corrected chi connectivity index (χ2v) is 14.6. The molecule has 0 N–H and O–H groups in total. The van der Waals surface area contributed by atoms with Gasteiger partial charge in [0.05, 0.1) is 0 Å². The summed E-state index contributed by atoms with van der Waals surface area (Å²) in [6.45, 7) is 0. The zero-order chi connectivity index (χ0) is 38.7. The third kappa shape index (κ3) is 6.78. The standard InChI is InChI=1S/C56H40N2/c1-4-15-41(16-5-1)45-19-12-25-51(39-45)58(52-37-38-54-46(40-52)20-14-28-56(54)55-27-13-18-44-17-10-11-26-53(44)55)50-35-31-43(32-36-50)42-29-33-49(34-30-42)57(47-21-6-2-7-22-47)48-23-8-3-9-24-48/h1-40H. The van der Waals surface area contributed by atoms with Gasteiger partial charge < -0.3 is 9.80 Å². The van der Waals surface area contributed by atoms with Crippen molar-refractivity contribution in [2.75, 3.05) is 9.80 Å². The molecule has 0 amide bonds. The zero-order valence-corrected chi connectivity index (χ0v) is 32.0. The third-order valence-corrected chi connectivity index (χ3v) is 11.0. The summed E-state index contributed by atoms with van der Waals surface area (Å²) in [6, 6.07) is 87.2. The minimum atomic E-state index is 1.09. The molecule has 0 saturated heterocycles. The Balaban J connectivity index is 1.03. The van der Waals surface area contributed by atoms with Crippen LogP contribution in [-0.2, 0) is 0 Å². The van der Waals surface area contributed by atoms with Crippen LogP contribution in [0.1, 0.15) is 0 Å². The van der Waals surface area contributed by atoms with E-state index < -0.39 is 0 Å². The van der Waals surface area contributed by atoms with E-state index in [1.165, 1.54) is 49.4 Å². The lowest BCUT2D eigenvalue weighted by molar-refractivity contribution is 1.28. The number of nitrogens with zero attached hydrogens (tertiary/aromatic N) is 2. The number of anilines is 6. The molecule has 0 aliphatic heterocycles. The highest BCUT2D eigenvalue weighted by Crippen LogP contribution is 2.41. The smallest absolute Gasteiger partial charge is 0.0468 e. The SMILES string of the molecule is c1ccc(-c2cccc(N(c3ccc(-c4ccc(N(c5ccccc5)c5ccccc5)cc4)cc3)c3ccc4c(-c5cccc6ccccc56)cccc4c3)c2)cc1. The van der Waals surface area contributed by atoms with Gasteiger partial charge in [0.25, 0.3) is 0 Å². The van der Waals surface area contributed by atoms with Crippen molar-refractivity contribution in [3.05, 3.63) is 243 Å². The van der Waals surface area contributed by atoms with E-state index in [1.54, 1.807) is 0 Å². The van der Waals surface area contributed by atoms with Gasteiger partial charge in [-0.15, -0.1) is 0 Å². The van der Waals surface area contributed by atoms with E-state index in [1.807, 2.05) is 0 Å². The second-order valence-electron chi connectivity index (χ2n) is 14.6. The quantitative estimate of drug-likeness (QED) is 0.145. The van der Waals surface area contributed by atoms with Crippen LogP contribution in [0.4, 0.5) is 34.1 Å². The van der Waals surface area contributed by atoms with Crippen molar-refractivity contribution < 1.29 is 0 Å². The highest BCUT2D eigenvalue weighted by molar-refractivity contribution is 6.06. The van der Waals surface area contributed by atoms with Crippen LogP contribution in [0, 0.1) is 0 Å². The molecular weight excluding hydrogens is 701 g/mol. The van der Waals surface area contributed by atoms with E-state index in [0.717, 1.165) is 39.7 Å². The molecule has 274 valence electrons. The monoisotopic (exact) mass is 740 g/mol. The largest absolute Gasteiger partial charge is 0.311 e. The fourth-order valence-corrected chi connectivity index (χ4v) is 8.21. The van der Waals surface area contributed by atoms with Crippen LogP contribution >= 0.6 is 0 Å². The van der Waals surface area contributed by atoms with Crippen molar-refractivity contribution in [1.82, 2.24) is 0 Å². The predicted octanol–water partition coefficient (Wildman–Crippen LogP) is 15.9. The number of fused-ring (bicyclic) bond motifs is 2. The lowest BCUT2D eigenvalue weighted by Gasteiger charge is -2.27. The maximum atomic E-state index is 2.38. The Bertz CT molecular complexity index is 2930. The molecule has 0 bridgehead atoms. The van der Waals surface area contributed by atoms with Crippen molar-refractivity contribution in [3.8, 4) is 33.4 Å². The molecule has 10 aromatic carbocycles. The van der Waals surface area contributed by atoms with Gasteiger partial charge in [0.2, 0.25) is 0 Å². The summed E-state index contributed by atoms with van der Waals surface area (Å²) < 4.78 is 0. The first-order valence-electron chi connectivity index (χ1n) is 19.8. The van der Waals surface area contributed by atoms with Gasteiger partial charge in [-0.1, -0.05) is 170 Å². The van der Waals surface area contributed by atoms with Crippen LogP contribution in [0.5, 0.6) is 0 Å². The summed E-state index contributed by atoms with van der Waals surface area (Å²) in [7, 11) is 0. The molecule has 0 saturated carbocycles. The highest BCUT2D eigenvalue weighted by Gasteiger charge is 2.17. The van der Waals surface area contributed by atoms with Crippen LogP contribution in [0.3, 0.4) is 0 Å². The van der Waals surface area contributed by atoms with Crippen LogP contribution in [0.2, 0.25) is 0 Å². The number of hydrogen-bond donors (Lipinski definition) is 0. The summed E-state index contributed by atoms with van der Waals surface area (Å²) in [5.41, 5.74) is 13.9. The Labute approximate surface area is 340 Å². The maximum Gasteiger partial charge on any atom is 0.0468 e. The van der Waals surface area contributed by atoms with Gasteiger partial charge >= 0.3 is 0 Å². The molecule has 0 unspecified atom stereocenters. The molecular formula is C56H40N2. The van der Waals surface area contributed by atoms with E-state index in [-0.39, 0.29) is 0 Å². The first-order valence-corrected chi connectivity index (χ1v) is 19.8. The average molecular weight is 741 g/mol. The van der Waals surface area contributed by atoms with E-state index in [9.17, 15) is 0 Å². The molecule has 0 atom stereocenters. The summed E-state index contributed by atoms with van der Waals surface area (Å²) in [5, 5.41) is 4.94. The van der Waals surface area contributed by atoms with Gasteiger partial charge in [0.1, 0.15) is 0 Å². The molecule has 2 heteroatoms. The minimum absolute atomic E-state index is 1.09. The average Bonchev–Trinajstić information content (AvgIpc) is 3.30. The van der Waals surface area contributed by atoms with E-state index in [4.69, 9.17) is 0 Å². The molecule has 0 aromatic heterocycles. The van der Waals surface area contributed by atoms with Gasteiger partial charge in [0.15, 0.2) is 0 Å². The van der Waals surface area contributed by atoms with Gasteiger partial charge in [-0.3, -0.25) is 0 Å². The minimum Gasteiger partial charge on any atom is -0.311 e. The van der Waals surface area contributed by atoms with Crippen molar-refractivity contribution in [3.63, 3.8) is 0 Å². The lowest BCUT2D eigenvalue weighted by Crippen LogP contribution is -2.10. The Morgan fingerprint density at radius 3 is 1.21 bits per heavy atom. The predicted molar refractivity (Wildman–Crippen MR) is 247 cm³/mol. The third-order valence-electron chi connectivity index (χ3n) is 11.0. The Hall–Kier alpha value is -7.68. The van der Waals surface area contributed by atoms with E-state index in [0.29, 0.717) is 0 Å². The molecule has 0 fully saturated rings. The molecule has 2 nitrogen and oxygen atoms in total. The summed E-state index contributed by atoms with van der Waals surface area (Å²) in [5.74, 6) is 0. The van der Waals surface area contributed by atoms with Crippen LogP contribution in [-0.4, -0.2) is 0 Å². The Kier molecular flexibility index (Phi) is 9.27. The zero-order valence-electron chi connectivity index (χ0n) is 32.0. The number of hydrogen-bond acceptors (Lipinski definition) is 2. The van der Waals surface area contributed by atoms with Gasteiger partial charge in [-0.25, -0.2) is 0 Å². The molecule has 10 rings (SSSR count). The molecule has 0 heterocycles. The highest BCUT2D eigenvalue weighted by atomic mass is 15.1. The normalized spacial score (nSPS) is 11.1. The summed E-state index contributed by atoms with van der Waals surface area (Å²) in [4.78, 5) is 4.67. The topological polar surface area (TPSA) is 6.48 Å². The first kappa shape index (κ1) is 34.8. The van der Waals surface area contributed by atoms with Crippen molar-refractivity contribution in [2.24, 2.45) is 0 Å². The van der Waals surface area contributed by atoms with Gasteiger partial charge in [-0.2, -0.15) is 0 Å². The van der Waals surface area contributed by atoms with Crippen molar-refractivity contribution in [2.45, 2.75) is 0 Å². The first-order chi connectivity index (χ1) is 28.8. The Morgan fingerprint density at radius 1 is 0.207 bits per heavy atom. The molecule has 0 radical (unpaired) electrons. The fraction of sp³-hybridized carbons (Fsp3) is 0. The number of rotatable bonds is 9. The van der Waals surface area contributed by atoms with Gasteiger partial charge in [0, 0.05) is 34.1 Å². The van der Waals surface area contributed by atoms with Crippen molar-refractivity contribution >= 4 is 55.7 Å². The Morgan fingerprint density at radius 2 is 0.586 bits per heavy atom. The molecule has 10 aromatic rings. The summed E-state index contributed by atoms with van der Waals surface area (Å²) in [6.07, 6.45) is 0. The van der Waals surface area contributed by atoms with E-state index in [2.05, 4.69) is 252 Å². The van der Waals surface area contributed by atoms with Crippen LogP contribution < -0.4 is 9.80 Å². The molecule has 0 spiro atoms. The van der Waals surface area contributed by atoms with Crippen LogP contribution in [0.25, 0.3) is 54.9 Å². The number of benzene rings is 10. The summed E-state index contributed by atoms with van der Waals surface area (Å²) >= 11 is 0. The number of para-hydroxylation sites is 2.